The molecular weight excluding hydrogens is 224 g/mol. The highest BCUT2D eigenvalue weighted by Gasteiger charge is 2.08. The van der Waals surface area contributed by atoms with Crippen LogP contribution in [-0.2, 0) is 6.42 Å². The number of nitrogens with one attached hydrogen (secondary N) is 1. The fourth-order valence-electron chi connectivity index (χ4n) is 1.84. The van der Waals surface area contributed by atoms with Gasteiger partial charge in [-0.15, -0.1) is 0 Å². The van der Waals surface area contributed by atoms with Gasteiger partial charge in [-0.1, -0.05) is 30.3 Å². The van der Waals surface area contributed by atoms with Gasteiger partial charge >= 0.3 is 0 Å². The van der Waals surface area contributed by atoms with E-state index >= 15 is 0 Å². The zero-order chi connectivity index (χ0) is 12.6. The third kappa shape index (κ3) is 3.47. The smallest absolute Gasteiger partial charge is 0.105 e. The first-order valence-electron chi connectivity index (χ1n) is 6.08. The molecule has 3 nitrogen and oxygen atoms in total. The van der Waals surface area contributed by atoms with Crippen LogP contribution in [0.15, 0.2) is 53.1 Å². The monoisotopic (exact) mass is 240 g/mol. The van der Waals surface area contributed by atoms with Crippen molar-refractivity contribution in [3.63, 3.8) is 0 Å². The summed E-state index contributed by atoms with van der Waals surface area (Å²) in [5.74, 6) is 0.874. The lowest BCUT2D eigenvalue weighted by molar-refractivity contribution is 0.497. The SMILES string of the molecule is N#CC(CNCCc1ccco1)c1ccccc1. The van der Waals surface area contributed by atoms with Gasteiger partial charge < -0.3 is 9.73 Å². The van der Waals surface area contributed by atoms with Crippen LogP contribution in [0.3, 0.4) is 0 Å². The molecule has 1 heterocycles. The van der Waals surface area contributed by atoms with Crippen molar-refractivity contribution in [2.75, 3.05) is 13.1 Å². The van der Waals surface area contributed by atoms with E-state index in [0.717, 1.165) is 24.3 Å². The van der Waals surface area contributed by atoms with Crippen molar-refractivity contribution in [1.82, 2.24) is 5.32 Å². The molecule has 0 saturated carbocycles. The topological polar surface area (TPSA) is 49.0 Å². The van der Waals surface area contributed by atoms with Crippen molar-refractivity contribution < 1.29 is 4.42 Å². The summed E-state index contributed by atoms with van der Waals surface area (Å²) in [5, 5.41) is 12.4. The Bertz CT molecular complexity index is 485. The van der Waals surface area contributed by atoms with Gasteiger partial charge in [-0.25, -0.2) is 0 Å². The number of nitriles is 1. The molecule has 0 aliphatic heterocycles. The Morgan fingerprint density at radius 1 is 1.17 bits per heavy atom. The van der Waals surface area contributed by atoms with E-state index in [4.69, 9.17) is 9.68 Å². The molecule has 3 heteroatoms. The van der Waals surface area contributed by atoms with Crippen LogP contribution >= 0.6 is 0 Å². The molecule has 0 amide bonds. The van der Waals surface area contributed by atoms with Gasteiger partial charge in [-0.2, -0.15) is 5.26 Å². The van der Waals surface area contributed by atoms with Gasteiger partial charge in [0.2, 0.25) is 0 Å². The fraction of sp³-hybridized carbons (Fsp3) is 0.267. The number of nitrogens with zero attached hydrogens (tertiary/aromatic N) is 1. The average Bonchev–Trinajstić information content (AvgIpc) is 2.93. The summed E-state index contributed by atoms with van der Waals surface area (Å²) in [6.07, 6.45) is 2.53. The Hall–Kier alpha value is -2.05. The third-order valence-electron chi connectivity index (χ3n) is 2.83. The minimum Gasteiger partial charge on any atom is -0.469 e. The Balaban J connectivity index is 1.77. The van der Waals surface area contributed by atoms with E-state index in [-0.39, 0.29) is 5.92 Å². The maximum Gasteiger partial charge on any atom is 0.105 e. The molecule has 0 aliphatic rings. The molecule has 0 fully saturated rings. The minimum atomic E-state index is -0.0946. The second-order valence-corrected chi connectivity index (χ2v) is 4.13. The van der Waals surface area contributed by atoms with Crippen LogP contribution in [0.4, 0.5) is 0 Å². The Morgan fingerprint density at radius 3 is 2.67 bits per heavy atom. The normalized spacial score (nSPS) is 11.9. The molecule has 18 heavy (non-hydrogen) atoms. The van der Waals surface area contributed by atoms with Crippen molar-refractivity contribution in [3.8, 4) is 6.07 Å². The quantitative estimate of drug-likeness (QED) is 0.790. The Kier molecular flexibility index (Phi) is 4.57. The van der Waals surface area contributed by atoms with E-state index in [1.54, 1.807) is 6.26 Å². The van der Waals surface area contributed by atoms with Crippen LogP contribution < -0.4 is 5.32 Å². The zero-order valence-electron chi connectivity index (χ0n) is 10.2. The van der Waals surface area contributed by atoms with Crippen LogP contribution in [0.25, 0.3) is 0 Å². The summed E-state index contributed by atoms with van der Waals surface area (Å²) in [7, 11) is 0. The van der Waals surface area contributed by atoms with Crippen LogP contribution in [0.1, 0.15) is 17.2 Å². The lowest BCUT2D eigenvalue weighted by Crippen LogP contribution is -2.23. The maximum absolute atomic E-state index is 9.15. The molecule has 1 N–H and O–H groups in total. The lowest BCUT2D eigenvalue weighted by Gasteiger charge is -2.10. The van der Waals surface area contributed by atoms with Crippen molar-refractivity contribution >= 4 is 0 Å². The highest BCUT2D eigenvalue weighted by atomic mass is 16.3. The molecule has 2 aromatic rings. The first-order chi connectivity index (χ1) is 8.90. The van der Waals surface area contributed by atoms with Gasteiger partial charge in [0.05, 0.1) is 18.3 Å². The zero-order valence-corrected chi connectivity index (χ0v) is 10.2. The molecule has 1 atom stereocenters. The molecule has 2 rings (SSSR count). The predicted molar refractivity (Wildman–Crippen MR) is 70.1 cm³/mol. The molecule has 1 aromatic heterocycles. The van der Waals surface area contributed by atoms with Gasteiger partial charge in [0, 0.05) is 19.5 Å². The van der Waals surface area contributed by atoms with Crippen LogP contribution in [0.5, 0.6) is 0 Å². The van der Waals surface area contributed by atoms with Crippen molar-refractivity contribution in [2.45, 2.75) is 12.3 Å². The van der Waals surface area contributed by atoms with Crippen molar-refractivity contribution in [2.24, 2.45) is 0 Å². The number of rotatable bonds is 6. The Labute approximate surface area is 107 Å². The van der Waals surface area contributed by atoms with Crippen LogP contribution in [-0.4, -0.2) is 13.1 Å². The highest BCUT2D eigenvalue weighted by molar-refractivity contribution is 5.25. The summed E-state index contributed by atoms with van der Waals surface area (Å²) >= 11 is 0. The second-order valence-electron chi connectivity index (χ2n) is 4.13. The van der Waals surface area contributed by atoms with E-state index in [2.05, 4.69) is 11.4 Å². The van der Waals surface area contributed by atoms with Gasteiger partial charge in [-0.3, -0.25) is 0 Å². The van der Waals surface area contributed by atoms with Gasteiger partial charge in [0.25, 0.3) is 0 Å². The minimum absolute atomic E-state index is 0.0946. The van der Waals surface area contributed by atoms with Crippen LogP contribution in [0, 0.1) is 11.3 Å². The summed E-state index contributed by atoms with van der Waals surface area (Å²) < 4.78 is 5.25. The largest absolute Gasteiger partial charge is 0.469 e. The number of benzene rings is 1. The van der Waals surface area contributed by atoms with Crippen LogP contribution in [0.2, 0.25) is 0 Å². The lowest BCUT2D eigenvalue weighted by atomic mass is 10.0. The first kappa shape index (κ1) is 12.4. The van der Waals surface area contributed by atoms with Gasteiger partial charge in [0.15, 0.2) is 0 Å². The van der Waals surface area contributed by atoms with E-state index in [0.29, 0.717) is 6.54 Å². The molecule has 0 spiro atoms. The summed E-state index contributed by atoms with van der Waals surface area (Å²) in [5.41, 5.74) is 1.06. The molecule has 0 saturated heterocycles. The maximum atomic E-state index is 9.15. The summed E-state index contributed by atoms with van der Waals surface area (Å²) in [6.45, 7) is 1.49. The third-order valence-corrected chi connectivity index (χ3v) is 2.83. The molecule has 92 valence electrons. The molecule has 0 aliphatic carbocycles. The summed E-state index contributed by atoms with van der Waals surface area (Å²) in [6, 6.07) is 16.0. The highest BCUT2D eigenvalue weighted by Crippen LogP contribution is 2.13. The van der Waals surface area contributed by atoms with Crippen molar-refractivity contribution in [3.05, 3.63) is 60.1 Å². The predicted octanol–water partition coefficient (Wildman–Crippen LogP) is 2.72. The van der Waals surface area contributed by atoms with Gasteiger partial charge in [-0.05, 0) is 17.7 Å². The van der Waals surface area contributed by atoms with E-state index < -0.39 is 0 Å². The molecule has 0 bridgehead atoms. The average molecular weight is 240 g/mol. The van der Waals surface area contributed by atoms with E-state index in [9.17, 15) is 0 Å². The summed E-state index contributed by atoms with van der Waals surface area (Å²) in [4.78, 5) is 0. The first-order valence-corrected chi connectivity index (χ1v) is 6.08. The Morgan fingerprint density at radius 2 is 2.00 bits per heavy atom. The second kappa shape index (κ2) is 6.63. The molecular formula is C15H16N2O. The standard InChI is InChI=1S/C15H16N2O/c16-11-14(13-5-2-1-3-6-13)12-17-9-8-15-7-4-10-18-15/h1-7,10,14,17H,8-9,12H2. The van der Waals surface area contributed by atoms with E-state index in [1.165, 1.54) is 0 Å². The molecule has 0 radical (unpaired) electrons. The van der Waals surface area contributed by atoms with Gasteiger partial charge in [0.1, 0.15) is 5.76 Å². The van der Waals surface area contributed by atoms with Crippen molar-refractivity contribution in [1.29, 1.82) is 5.26 Å². The number of hydrogen-bond donors (Lipinski definition) is 1. The van der Waals surface area contributed by atoms with E-state index in [1.807, 2.05) is 42.5 Å². The molecule has 1 unspecified atom stereocenters. The fourth-order valence-corrected chi connectivity index (χ4v) is 1.84. The number of hydrogen-bond acceptors (Lipinski definition) is 3. The number of furan rings is 1. The molecule has 1 aromatic carbocycles.